The van der Waals surface area contributed by atoms with E-state index in [1.165, 1.54) is 6.92 Å². The van der Waals surface area contributed by atoms with Crippen LogP contribution < -0.4 is 9.62 Å². The molecule has 0 fully saturated rings. The number of carbonyl (C=O) groups excluding carboxylic acids is 1. The van der Waals surface area contributed by atoms with Crippen LogP contribution in [0.15, 0.2) is 41.3 Å². The van der Waals surface area contributed by atoms with E-state index in [1.54, 1.807) is 23.1 Å². The van der Waals surface area contributed by atoms with Crippen LogP contribution in [0.25, 0.3) is 0 Å². The summed E-state index contributed by atoms with van der Waals surface area (Å²) in [4.78, 5) is 13.5. The fraction of sp³-hybridized carbons (Fsp3) is 0.316. The molecule has 6 heteroatoms. The summed E-state index contributed by atoms with van der Waals surface area (Å²) in [5, 5.41) is 0. The molecule has 0 unspecified atom stereocenters. The van der Waals surface area contributed by atoms with Gasteiger partial charge in [0, 0.05) is 19.2 Å². The van der Waals surface area contributed by atoms with Gasteiger partial charge in [0.1, 0.15) is 0 Å². The van der Waals surface area contributed by atoms with Gasteiger partial charge in [0.05, 0.1) is 10.6 Å². The number of anilines is 2. The molecule has 25 heavy (non-hydrogen) atoms. The van der Waals surface area contributed by atoms with Crippen molar-refractivity contribution in [3.05, 3.63) is 53.1 Å². The standard InChI is InChI=1S/C19H22N2O3S/c1-4-15-6-5-13(2)18(11-15)20-25(23,24)17-7-8-19-16(12-17)9-10-21(19)14(3)22/h5-8,11-12,20H,4,9-10H2,1-3H3. The lowest BCUT2D eigenvalue weighted by Crippen LogP contribution is -2.25. The van der Waals surface area contributed by atoms with Gasteiger partial charge in [-0.3, -0.25) is 9.52 Å². The van der Waals surface area contributed by atoms with E-state index in [0.29, 0.717) is 18.7 Å². The van der Waals surface area contributed by atoms with Gasteiger partial charge in [-0.15, -0.1) is 0 Å². The van der Waals surface area contributed by atoms with Crippen molar-refractivity contribution in [1.82, 2.24) is 0 Å². The van der Waals surface area contributed by atoms with E-state index in [-0.39, 0.29) is 10.8 Å². The first-order chi connectivity index (χ1) is 11.8. The Hall–Kier alpha value is -2.34. The van der Waals surface area contributed by atoms with Crippen molar-refractivity contribution in [2.75, 3.05) is 16.2 Å². The molecule has 0 aromatic heterocycles. The zero-order valence-corrected chi connectivity index (χ0v) is 15.5. The zero-order valence-electron chi connectivity index (χ0n) is 14.7. The molecule has 0 aliphatic carbocycles. The average Bonchev–Trinajstić information content (AvgIpc) is 3.00. The van der Waals surface area contributed by atoms with Gasteiger partial charge in [-0.25, -0.2) is 8.42 Å². The minimum atomic E-state index is -3.67. The molecular weight excluding hydrogens is 336 g/mol. The smallest absolute Gasteiger partial charge is 0.261 e. The SMILES string of the molecule is CCc1ccc(C)c(NS(=O)(=O)c2ccc3c(c2)CCN3C(C)=O)c1. The third-order valence-electron chi connectivity index (χ3n) is 4.59. The maximum Gasteiger partial charge on any atom is 0.261 e. The molecule has 0 bridgehead atoms. The fourth-order valence-electron chi connectivity index (χ4n) is 3.08. The molecule has 1 amide bonds. The molecule has 5 nitrogen and oxygen atoms in total. The quantitative estimate of drug-likeness (QED) is 0.912. The minimum absolute atomic E-state index is 0.0283. The Bertz CT molecular complexity index is 936. The summed E-state index contributed by atoms with van der Waals surface area (Å²) in [7, 11) is -3.67. The van der Waals surface area contributed by atoms with Crippen LogP contribution in [0.4, 0.5) is 11.4 Å². The lowest BCUT2D eigenvalue weighted by Gasteiger charge is -2.16. The van der Waals surface area contributed by atoms with E-state index in [1.807, 2.05) is 32.0 Å². The Morgan fingerprint density at radius 2 is 1.96 bits per heavy atom. The number of fused-ring (bicyclic) bond motifs is 1. The monoisotopic (exact) mass is 358 g/mol. The van der Waals surface area contributed by atoms with Crippen LogP contribution in [0, 0.1) is 6.92 Å². The average molecular weight is 358 g/mol. The van der Waals surface area contributed by atoms with Crippen molar-refractivity contribution < 1.29 is 13.2 Å². The molecule has 0 radical (unpaired) electrons. The van der Waals surface area contributed by atoms with Crippen molar-refractivity contribution in [3.63, 3.8) is 0 Å². The number of nitrogens with one attached hydrogen (secondary N) is 1. The first kappa shape index (κ1) is 17.5. The Kier molecular flexibility index (Phi) is 4.56. The molecule has 3 rings (SSSR count). The second-order valence-electron chi connectivity index (χ2n) is 6.32. The molecule has 1 heterocycles. The third kappa shape index (κ3) is 3.39. The zero-order chi connectivity index (χ0) is 18.2. The predicted molar refractivity (Wildman–Crippen MR) is 99.5 cm³/mol. The van der Waals surface area contributed by atoms with Crippen molar-refractivity contribution in [1.29, 1.82) is 0 Å². The van der Waals surface area contributed by atoms with E-state index in [0.717, 1.165) is 28.8 Å². The van der Waals surface area contributed by atoms with Gasteiger partial charge in [-0.2, -0.15) is 0 Å². The summed E-state index contributed by atoms with van der Waals surface area (Å²) in [6, 6.07) is 10.7. The number of benzene rings is 2. The summed E-state index contributed by atoms with van der Waals surface area (Å²) < 4.78 is 28.2. The van der Waals surface area contributed by atoms with Gasteiger partial charge in [0.25, 0.3) is 10.0 Å². The molecule has 2 aromatic carbocycles. The molecular formula is C19H22N2O3S. The number of nitrogens with zero attached hydrogens (tertiary/aromatic N) is 1. The van der Waals surface area contributed by atoms with E-state index < -0.39 is 10.0 Å². The molecule has 2 aromatic rings. The number of hydrogen-bond acceptors (Lipinski definition) is 3. The van der Waals surface area contributed by atoms with Crippen LogP contribution in [-0.2, 0) is 27.7 Å². The Morgan fingerprint density at radius 1 is 1.20 bits per heavy atom. The van der Waals surface area contributed by atoms with Gasteiger partial charge >= 0.3 is 0 Å². The lowest BCUT2D eigenvalue weighted by atomic mass is 10.1. The number of sulfonamides is 1. The second kappa shape index (κ2) is 6.52. The fourth-order valence-corrected chi connectivity index (χ4v) is 4.25. The van der Waals surface area contributed by atoms with Crippen LogP contribution >= 0.6 is 0 Å². The van der Waals surface area contributed by atoms with Crippen LogP contribution in [-0.4, -0.2) is 20.9 Å². The Morgan fingerprint density at radius 3 is 2.64 bits per heavy atom. The third-order valence-corrected chi connectivity index (χ3v) is 5.95. The van der Waals surface area contributed by atoms with Crippen LogP contribution in [0.5, 0.6) is 0 Å². The minimum Gasteiger partial charge on any atom is -0.312 e. The number of aryl methyl sites for hydroxylation is 2. The van der Waals surface area contributed by atoms with Gasteiger partial charge in [-0.05, 0) is 60.7 Å². The summed E-state index contributed by atoms with van der Waals surface area (Å²) in [6.07, 6.45) is 1.51. The van der Waals surface area contributed by atoms with Gasteiger partial charge < -0.3 is 4.90 Å². The molecule has 132 valence electrons. The highest BCUT2D eigenvalue weighted by molar-refractivity contribution is 7.92. The normalized spacial score (nSPS) is 13.6. The predicted octanol–water partition coefficient (Wildman–Crippen LogP) is 3.27. The first-order valence-corrected chi connectivity index (χ1v) is 9.83. The van der Waals surface area contributed by atoms with Crippen molar-refractivity contribution >= 4 is 27.3 Å². The highest BCUT2D eigenvalue weighted by Gasteiger charge is 2.25. The number of rotatable bonds is 4. The molecule has 0 atom stereocenters. The van der Waals surface area contributed by atoms with E-state index in [2.05, 4.69) is 4.72 Å². The highest BCUT2D eigenvalue weighted by atomic mass is 32.2. The van der Waals surface area contributed by atoms with Crippen LogP contribution in [0.1, 0.15) is 30.5 Å². The van der Waals surface area contributed by atoms with Gasteiger partial charge in [0.15, 0.2) is 0 Å². The van der Waals surface area contributed by atoms with Crippen LogP contribution in [0.2, 0.25) is 0 Å². The van der Waals surface area contributed by atoms with Crippen molar-refractivity contribution in [2.45, 2.75) is 38.5 Å². The van der Waals surface area contributed by atoms with Crippen molar-refractivity contribution in [2.24, 2.45) is 0 Å². The lowest BCUT2D eigenvalue weighted by molar-refractivity contribution is -0.116. The molecule has 1 aliphatic heterocycles. The maximum absolute atomic E-state index is 12.8. The Balaban J connectivity index is 1.93. The Labute approximate surface area is 148 Å². The van der Waals surface area contributed by atoms with E-state index in [4.69, 9.17) is 0 Å². The van der Waals surface area contributed by atoms with E-state index in [9.17, 15) is 13.2 Å². The summed E-state index contributed by atoms with van der Waals surface area (Å²) in [5.41, 5.74) is 4.25. The summed E-state index contributed by atoms with van der Waals surface area (Å²) in [6.45, 7) is 6.03. The molecule has 1 aliphatic rings. The molecule has 1 N–H and O–H groups in total. The first-order valence-electron chi connectivity index (χ1n) is 8.35. The summed E-state index contributed by atoms with van der Waals surface area (Å²) in [5.74, 6) is -0.0283. The molecule has 0 saturated heterocycles. The number of hydrogen-bond donors (Lipinski definition) is 1. The van der Waals surface area contributed by atoms with E-state index >= 15 is 0 Å². The van der Waals surface area contributed by atoms with Gasteiger partial charge in [0.2, 0.25) is 5.91 Å². The maximum atomic E-state index is 12.8. The summed E-state index contributed by atoms with van der Waals surface area (Å²) >= 11 is 0. The second-order valence-corrected chi connectivity index (χ2v) is 8.00. The largest absolute Gasteiger partial charge is 0.312 e. The molecule has 0 spiro atoms. The topological polar surface area (TPSA) is 66.5 Å². The van der Waals surface area contributed by atoms with Crippen molar-refractivity contribution in [3.8, 4) is 0 Å². The number of amides is 1. The van der Waals surface area contributed by atoms with Crippen LogP contribution in [0.3, 0.4) is 0 Å². The number of carbonyl (C=O) groups is 1. The highest BCUT2D eigenvalue weighted by Crippen LogP contribution is 2.31. The van der Waals surface area contributed by atoms with Gasteiger partial charge in [-0.1, -0.05) is 19.1 Å². The molecule has 0 saturated carbocycles.